The van der Waals surface area contributed by atoms with Crippen LogP contribution >= 0.6 is 11.6 Å². The first-order valence-electron chi connectivity index (χ1n) is 4.62. The zero-order chi connectivity index (χ0) is 9.97. The van der Waals surface area contributed by atoms with E-state index in [2.05, 4.69) is 6.07 Å². The van der Waals surface area contributed by atoms with Crippen LogP contribution in [0.5, 0.6) is 5.75 Å². The van der Waals surface area contributed by atoms with Crippen molar-refractivity contribution in [3.05, 3.63) is 28.3 Å². The monoisotopic (exact) mass is 207 g/mol. The van der Waals surface area contributed by atoms with Crippen LogP contribution in [0.25, 0.3) is 0 Å². The molecule has 3 heteroatoms. The van der Waals surface area contributed by atoms with E-state index in [1.807, 2.05) is 12.1 Å². The van der Waals surface area contributed by atoms with Crippen molar-refractivity contribution in [2.24, 2.45) is 0 Å². The molecule has 1 aliphatic heterocycles. The van der Waals surface area contributed by atoms with E-state index < -0.39 is 0 Å². The van der Waals surface area contributed by atoms with Gasteiger partial charge in [0.2, 0.25) is 0 Å². The Labute approximate surface area is 88.1 Å². The molecule has 0 unspecified atom stereocenters. The van der Waals surface area contributed by atoms with Crippen LogP contribution in [-0.2, 0) is 12.8 Å². The van der Waals surface area contributed by atoms with E-state index in [1.165, 1.54) is 0 Å². The zero-order valence-corrected chi connectivity index (χ0v) is 8.47. The molecule has 72 valence electrons. The second-order valence-corrected chi connectivity index (χ2v) is 3.76. The summed E-state index contributed by atoms with van der Waals surface area (Å²) in [5.74, 6) is 0.805. The normalized spacial score (nSPS) is 14.0. The lowest BCUT2D eigenvalue weighted by Crippen LogP contribution is -2.09. The van der Waals surface area contributed by atoms with E-state index in [4.69, 9.17) is 21.6 Å². The van der Waals surface area contributed by atoms with Crippen molar-refractivity contribution in [1.82, 2.24) is 0 Å². The highest BCUT2D eigenvalue weighted by Crippen LogP contribution is 2.33. The highest BCUT2D eigenvalue weighted by molar-refractivity contribution is 6.32. The first kappa shape index (κ1) is 9.36. The van der Waals surface area contributed by atoms with Crippen LogP contribution in [0.2, 0.25) is 5.02 Å². The van der Waals surface area contributed by atoms with Crippen molar-refractivity contribution >= 4 is 11.6 Å². The highest BCUT2D eigenvalue weighted by atomic mass is 35.5. The summed E-state index contributed by atoms with van der Waals surface area (Å²) in [4.78, 5) is 0. The Hall–Kier alpha value is -1.20. The average Bonchev–Trinajstić information content (AvgIpc) is 2.18. The van der Waals surface area contributed by atoms with Gasteiger partial charge < -0.3 is 4.74 Å². The van der Waals surface area contributed by atoms with Crippen LogP contribution < -0.4 is 4.74 Å². The number of halogens is 1. The van der Waals surface area contributed by atoms with Crippen molar-refractivity contribution in [2.75, 3.05) is 6.61 Å². The number of ether oxygens (including phenoxy) is 1. The largest absolute Gasteiger partial charge is 0.492 e. The molecule has 0 bridgehead atoms. The van der Waals surface area contributed by atoms with Gasteiger partial charge in [0.1, 0.15) is 5.75 Å². The first-order chi connectivity index (χ1) is 6.81. The van der Waals surface area contributed by atoms with Gasteiger partial charge >= 0.3 is 0 Å². The Morgan fingerprint density at radius 2 is 2.36 bits per heavy atom. The van der Waals surface area contributed by atoms with E-state index in [0.717, 1.165) is 36.3 Å². The number of hydrogen-bond donors (Lipinski definition) is 0. The van der Waals surface area contributed by atoms with Gasteiger partial charge in [-0.1, -0.05) is 17.7 Å². The van der Waals surface area contributed by atoms with Crippen LogP contribution in [0.4, 0.5) is 0 Å². The molecule has 0 saturated heterocycles. The average molecular weight is 208 g/mol. The highest BCUT2D eigenvalue weighted by Gasteiger charge is 2.14. The third-order valence-corrected chi connectivity index (χ3v) is 2.58. The summed E-state index contributed by atoms with van der Waals surface area (Å²) in [6.07, 6.45) is 2.43. The van der Waals surface area contributed by atoms with Crippen molar-refractivity contribution in [3.8, 4) is 11.8 Å². The minimum Gasteiger partial charge on any atom is -0.492 e. The van der Waals surface area contributed by atoms with Gasteiger partial charge in [-0.15, -0.1) is 0 Å². The minimum atomic E-state index is 0.410. The summed E-state index contributed by atoms with van der Waals surface area (Å²) < 4.78 is 5.47. The van der Waals surface area contributed by atoms with Crippen LogP contribution in [0, 0.1) is 11.3 Å². The summed E-state index contributed by atoms with van der Waals surface area (Å²) in [6, 6.07) is 5.95. The van der Waals surface area contributed by atoms with Gasteiger partial charge in [-0.25, -0.2) is 0 Å². The third-order valence-electron chi connectivity index (χ3n) is 2.30. The Morgan fingerprint density at radius 1 is 1.50 bits per heavy atom. The Bertz CT molecular complexity index is 395. The molecule has 1 aromatic rings. The lowest BCUT2D eigenvalue weighted by Gasteiger charge is -2.18. The maximum atomic E-state index is 8.59. The second kappa shape index (κ2) is 3.89. The van der Waals surface area contributed by atoms with Gasteiger partial charge in [0.15, 0.2) is 0 Å². The van der Waals surface area contributed by atoms with E-state index in [0.29, 0.717) is 11.4 Å². The van der Waals surface area contributed by atoms with E-state index in [9.17, 15) is 0 Å². The maximum Gasteiger partial charge on any atom is 0.141 e. The predicted octanol–water partition coefficient (Wildman–Crippen LogP) is 2.73. The lowest BCUT2D eigenvalue weighted by atomic mass is 10.0. The van der Waals surface area contributed by atoms with E-state index in [-0.39, 0.29) is 0 Å². The first-order valence-corrected chi connectivity index (χ1v) is 5.00. The topological polar surface area (TPSA) is 33.0 Å². The van der Waals surface area contributed by atoms with Gasteiger partial charge in [0.25, 0.3) is 0 Å². The molecular weight excluding hydrogens is 198 g/mol. The molecule has 2 rings (SSSR count). The van der Waals surface area contributed by atoms with Gasteiger partial charge in [-0.2, -0.15) is 5.26 Å². The van der Waals surface area contributed by atoms with Crippen LogP contribution in [0.15, 0.2) is 12.1 Å². The van der Waals surface area contributed by atoms with Crippen molar-refractivity contribution < 1.29 is 4.74 Å². The number of benzene rings is 1. The molecule has 0 atom stereocenters. The summed E-state index contributed by atoms with van der Waals surface area (Å²) in [5, 5.41) is 9.22. The van der Waals surface area contributed by atoms with Crippen molar-refractivity contribution in [1.29, 1.82) is 5.26 Å². The summed E-state index contributed by atoms with van der Waals surface area (Å²) in [7, 11) is 0. The standard InChI is InChI=1S/C11H10ClNO/c12-10-7-8(3-4-13)6-9-2-1-5-14-11(9)10/h6-7H,1-3,5H2. The number of hydrogen-bond acceptors (Lipinski definition) is 2. The molecule has 1 heterocycles. The van der Waals surface area contributed by atoms with Crippen molar-refractivity contribution in [2.45, 2.75) is 19.3 Å². The maximum absolute atomic E-state index is 8.59. The summed E-state index contributed by atoms with van der Waals surface area (Å²) in [6.45, 7) is 0.740. The predicted molar refractivity (Wildman–Crippen MR) is 54.6 cm³/mol. The molecule has 1 aliphatic rings. The molecule has 0 aromatic heterocycles. The fourth-order valence-electron chi connectivity index (χ4n) is 1.69. The number of aryl methyl sites for hydroxylation is 1. The molecular formula is C11H10ClNO. The SMILES string of the molecule is N#CCc1cc(Cl)c2c(c1)CCCO2. The fourth-order valence-corrected chi connectivity index (χ4v) is 2.01. The Kier molecular flexibility index (Phi) is 2.60. The smallest absolute Gasteiger partial charge is 0.141 e. The number of fused-ring (bicyclic) bond motifs is 1. The molecule has 0 fully saturated rings. The van der Waals surface area contributed by atoms with Crippen LogP contribution in [-0.4, -0.2) is 6.61 Å². The third kappa shape index (κ3) is 1.69. The number of nitriles is 1. The van der Waals surface area contributed by atoms with Crippen LogP contribution in [0.3, 0.4) is 0 Å². The molecule has 2 nitrogen and oxygen atoms in total. The number of nitrogens with zero attached hydrogens (tertiary/aromatic N) is 1. The van der Waals surface area contributed by atoms with Gasteiger partial charge in [-0.3, -0.25) is 0 Å². The molecule has 0 radical (unpaired) electrons. The summed E-state index contributed by atoms with van der Waals surface area (Å²) >= 11 is 6.05. The van der Waals surface area contributed by atoms with E-state index >= 15 is 0 Å². The fraction of sp³-hybridized carbons (Fsp3) is 0.364. The lowest BCUT2D eigenvalue weighted by molar-refractivity contribution is 0.288. The quantitative estimate of drug-likeness (QED) is 0.710. The molecule has 14 heavy (non-hydrogen) atoms. The molecule has 0 spiro atoms. The molecule has 0 aliphatic carbocycles. The zero-order valence-electron chi connectivity index (χ0n) is 7.72. The van der Waals surface area contributed by atoms with Gasteiger partial charge in [0, 0.05) is 0 Å². The Morgan fingerprint density at radius 3 is 3.14 bits per heavy atom. The molecule has 0 saturated carbocycles. The minimum absolute atomic E-state index is 0.410. The van der Waals surface area contributed by atoms with Gasteiger partial charge in [0.05, 0.1) is 24.1 Å². The summed E-state index contributed by atoms with van der Waals surface area (Å²) in [5.41, 5.74) is 2.11. The van der Waals surface area contributed by atoms with Gasteiger partial charge in [-0.05, 0) is 30.0 Å². The van der Waals surface area contributed by atoms with E-state index in [1.54, 1.807) is 0 Å². The Balaban J connectivity index is 2.42. The number of rotatable bonds is 1. The molecule has 1 aromatic carbocycles. The second-order valence-electron chi connectivity index (χ2n) is 3.35. The molecule has 0 amide bonds. The van der Waals surface area contributed by atoms with Crippen LogP contribution in [0.1, 0.15) is 17.5 Å². The van der Waals surface area contributed by atoms with Crippen molar-refractivity contribution in [3.63, 3.8) is 0 Å². The molecule has 0 N–H and O–H groups in total.